The number of sulfonamides is 1. The molecule has 0 fully saturated rings. The number of carboxylic acids is 1. The van der Waals surface area contributed by atoms with Crippen LogP contribution < -0.4 is 0 Å². The average molecular weight is 608 g/mol. The third-order valence-corrected chi connectivity index (χ3v) is 9.85. The highest BCUT2D eigenvalue weighted by Crippen LogP contribution is 2.47. The molecule has 224 valence electrons. The third-order valence-electron chi connectivity index (χ3n) is 8.09. The highest BCUT2D eigenvalue weighted by atomic mass is 32.2. The summed E-state index contributed by atoms with van der Waals surface area (Å²) in [6, 6.07) is 11.3. The first-order valence-electron chi connectivity index (χ1n) is 13.3. The van der Waals surface area contributed by atoms with E-state index in [1.165, 1.54) is 36.4 Å². The van der Waals surface area contributed by atoms with Gasteiger partial charge in [0, 0.05) is 31.0 Å². The van der Waals surface area contributed by atoms with Crippen LogP contribution in [0.1, 0.15) is 52.9 Å². The monoisotopic (exact) mass is 607 g/mol. The van der Waals surface area contributed by atoms with Crippen LogP contribution in [-0.2, 0) is 22.2 Å². The Hall–Kier alpha value is -3.55. The Bertz CT molecular complexity index is 1630. The summed E-state index contributed by atoms with van der Waals surface area (Å²) in [5.41, 5.74) is 4.15. The van der Waals surface area contributed by atoms with E-state index in [-0.39, 0.29) is 29.4 Å². The van der Waals surface area contributed by atoms with Gasteiger partial charge in [0.05, 0.1) is 28.9 Å². The van der Waals surface area contributed by atoms with Crippen molar-refractivity contribution in [2.45, 2.75) is 50.1 Å². The van der Waals surface area contributed by atoms with Gasteiger partial charge in [-0.3, -0.25) is 0 Å². The summed E-state index contributed by atoms with van der Waals surface area (Å²) in [6.45, 7) is 0.437. The van der Waals surface area contributed by atoms with Crippen molar-refractivity contribution in [1.29, 1.82) is 0 Å². The van der Waals surface area contributed by atoms with Gasteiger partial charge in [0.1, 0.15) is 5.82 Å². The standard InChI is InChI=1S/C29H29F4N3O5S/c1-17-24-13-34-36(22-10-8-21(30)9-11-22)25(24)12-18-6-7-19(27(17)18)14-35(15-26(37)29(31,32)33)42(40,41)16-20-4-2-3-5-23(20)28(38)39/h2-5,8-11,13,17,19,26,37H,6-7,12,14-16H2,1H3,(H,38,39)/t17-,19-,26?/m0/s1. The Morgan fingerprint density at radius 2 is 1.86 bits per heavy atom. The van der Waals surface area contributed by atoms with Crippen LogP contribution in [0.3, 0.4) is 0 Å². The van der Waals surface area contributed by atoms with Crippen molar-refractivity contribution >= 4 is 16.0 Å². The lowest BCUT2D eigenvalue weighted by atomic mass is 9.80. The Morgan fingerprint density at radius 1 is 1.17 bits per heavy atom. The molecule has 1 heterocycles. The molecule has 0 bridgehead atoms. The number of benzene rings is 2. The molecule has 0 spiro atoms. The highest BCUT2D eigenvalue weighted by molar-refractivity contribution is 7.88. The third kappa shape index (κ3) is 5.86. The van der Waals surface area contributed by atoms with Gasteiger partial charge in [0.15, 0.2) is 6.10 Å². The van der Waals surface area contributed by atoms with E-state index in [0.717, 1.165) is 22.4 Å². The van der Waals surface area contributed by atoms with Gasteiger partial charge in [-0.2, -0.15) is 22.6 Å². The lowest BCUT2D eigenvalue weighted by Gasteiger charge is -2.32. The van der Waals surface area contributed by atoms with E-state index in [1.807, 2.05) is 6.92 Å². The van der Waals surface area contributed by atoms with Crippen LogP contribution in [0.5, 0.6) is 0 Å². The van der Waals surface area contributed by atoms with Crippen molar-refractivity contribution in [3.05, 3.63) is 94.1 Å². The fraction of sp³-hybridized carbons (Fsp3) is 0.379. The number of alkyl halides is 3. The van der Waals surface area contributed by atoms with E-state index < -0.39 is 46.5 Å². The van der Waals surface area contributed by atoms with Gasteiger partial charge < -0.3 is 10.2 Å². The smallest absolute Gasteiger partial charge is 0.415 e. The Balaban J connectivity index is 1.44. The van der Waals surface area contributed by atoms with Crippen molar-refractivity contribution in [2.24, 2.45) is 5.92 Å². The molecular formula is C29H29F4N3O5S. The van der Waals surface area contributed by atoms with Crippen molar-refractivity contribution < 1.29 is 41.0 Å². The molecule has 0 radical (unpaired) electrons. The van der Waals surface area contributed by atoms with Crippen molar-refractivity contribution in [3.63, 3.8) is 0 Å². The zero-order chi connectivity index (χ0) is 30.4. The van der Waals surface area contributed by atoms with E-state index in [2.05, 4.69) is 5.10 Å². The van der Waals surface area contributed by atoms with Gasteiger partial charge in [0.2, 0.25) is 10.0 Å². The van der Waals surface area contributed by atoms with E-state index in [4.69, 9.17) is 0 Å². The van der Waals surface area contributed by atoms with Gasteiger partial charge in [-0.15, -0.1) is 0 Å². The molecule has 1 aromatic heterocycles. The fourth-order valence-electron chi connectivity index (χ4n) is 6.06. The Labute approximate surface area is 239 Å². The summed E-state index contributed by atoms with van der Waals surface area (Å²) < 4.78 is 83.1. The number of fused-ring (bicyclic) bond motifs is 1. The van der Waals surface area contributed by atoms with Gasteiger partial charge in [0.25, 0.3) is 0 Å². The minimum Gasteiger partial charge on any atom is -0.478 e. The van der Waals surface area contributed by atoms with Crippen LogP contribution in [0.15, 0.2) is 65.9 Å². The SMILES string of the molecule is C[C@@H]1C2=C(CC[C@H]2CN(CC(O)C(F)(F)F)S(=O)(=O)Cc2ccccc2C(=O)O)Cc2c1cnn2-c1ccc(F)cc1. The quantitative estimate of drug-likeness (QED) is 0.266. The number of aliphatic hydroxyl groups is 1. The molecule has 8 nitrogen and oxygen atoms in total. The minimum absolute atomic E-state index is 0.0632. The molecule has 42 heavy (non-hydrogen) atoms. The minimum atomic E-state index is -5.05. The fourth-order valence-corrected chi connectivity index (χ4v) is 7.67. The molecule has 5 rings (SSSR count). The van der Waals surface area contributed by atoms with Crippen molar-refractivity contribution in [3.8, 4) is 5.69 Å². The van der Waals surface area contributed by atoms with Crippen LogP contribution in [0, 0.1) is 11.7 Å². The molecule has 2 N–H and O–H groups in total. The number of halogens is 4. The van der Waals surface area contributed by atoms with Gasteiger partial charge >= 0.3 is 12.1 Å². The van der Waals surface area contributed by atoms with Gasteiger partial charge in [-0.25, -0.2) is 22.3 Å². The van der Waals surface area contributed by atoms with Crippen LogP contribution in [-0.4, -0.2) is 64.1 Å². The molecular weight excluding hydrogens is 578 g/mol. The van der Waals surface area contributed by atoms with Crippen LogP contribution in [0.4, 0.5) is 17.6 Å². The second-order valence-corrected chi connectivity index (χ2v) is 12.7. The van der Waals surface area contributed by atoms with Crippen molar-refractivity contribution in [1.82, 2.24) is 14.1 Å². The normalized spacial score (nSPS) is 19.6. The maximum atomic E-state index is 13.5. The van der Waals surface area contributed by atoms with E-state index in [0.29, 0.717) is 29.3 Å². The lowest BCUT2D eigenvalue weighted by molar-refractivity contribution is -0.205. The molecule has 3 aromatic rings. The zero-order valence-corrected chi connectivity index (χ0v) is 23.4. The van der Waals surface area contributed by atoms with Crippen LogP contribution in [0.25, 0.3) is 5.69 Å². The van der Waals surface area contributed by atoms with Crippen LogP contribution >= 0.6 is 0 Å². The first-order chi connectivity index (χ1) is 19.8. The number of aromatic nitrogens is 2. The average Bonchev–Trinajstić information content (AvgIpc) is 3.53. The second-order valence-electron chi connectivity index (χ2n) is 10.7. The second kappa shape index (κ2) is 11.3. The van der Waals surface area contributed by atoms with E-state index in [1.54, 1.807) is 23.0 Å². The summed E-state index contributed by atoms with van der Waals surface area (Å²) in [4.78, 5) is 11.6. The molecule has 2 aliphatic carbocycles. The summed E-state index contributed by atoms with van der Waals surface area (Å²) in [5, 5.41) is 23.8. The molecule has 2 aromatic carbocycles. The maximum Gasteiger partial charge on any atom is 0.415 e. The van der Waals surface area contributed by atoms with E-state index >= 15 is 0 Å². The highest BCUT2D eigenvalue weighted by Gasteiger charge is 2.43. The number of aliphatic hydroxyl groups excluding tert-OH is 1. The van der Waals surface area contributed by atoms with E-state index in [9.17, 15) is 41.0 Å². The number of rotatable bonds is 9. The zero-order valence-electron chi connectivity index (χ0n) is 22.6. The first-order valence-corrected chi connectivity index (χ1v) is 15.0. The molecule has 0 saturated carbocycles. The molecule has 3 atom stereocenters. The Kier molecular flexibility index (Phi) is 8.03. The van der Waals surface area contributed by atoms with Gasteiger partial charge in [-0.05, 0) is 54.7 Å². The maximum absolute atomic E-state index is 13.5. The predicted molar refractivity (Wildman–Crippen MR) is 145 cm³/mol. The molecule has 0 amide bonds. The number of carboxylic acid groups (broad SMARTS) is 1. The molecule has 2 aliphatic rings. The number of nitrogens with zero attached hydrogens (tertiary/aromatic N) is 3. The summed E-state index contributed by atoms with van der Waals surface area (Å²) >= 11 is 0. The molecule has 0 saturated heterocycles. The summed E-state index contributed by atoms with van der Waals surface area (Å²) in [7, 11) is -4.49. The predicted octanol–water partition coefficient (Wildman–Crippen LogP) is 4.83. The number of aromatic carboxylic acids is 1. The number of hydrogen-bond acceptors (Lipinski definition) is 5. The van der Waals surface area contributed by atoms with Gasteiger partial charge in [-0.1, -0.05) is 36.3 Å². The first kappa shape index (κ1) is 29.9. The van der Waals surface area contributed by atoms with Crippen molar-refractivity contribution in [2.75, 3.05) is 13.1 Å². The van der Waals surface area contributed by atoms with Crippen LogP contribution in [0.2, 0.25) is 0 Å². The molecule has 0 aliphatic heterocycles. The summed E-state index contributed by atoms with van der Waals surface area (Å²) in [6.07, 6.45) is -4.64. The Morgan fingerprint density at radius 3 is 2.52 bits per heavy atom. The number of hydrogen-bond donors (Lipinski definition) is 2. The number of carbonyl (C=O) groups is 1. The largest absolute Gasteiger partial charge is 0.478 e. The summed E-state index contributed by atoms with van der Waals surface area (Å²) in [5.74, 6) is -3.18. The molecule has 1 unspecified atom stereocenters. The topological polar surface area (TPSA) is 113 Å². The lowest BCUT2D eigenvalue weighted by Crippen LogP contribution is -2.46. The molecule has 13 heteroatoms. The number of allylic oxidation sites excluding steroid dienone is 1.